The summed E-state index contributed by atoms with van der Waals surface area (Å²) in [5, 5.41) is 9.85. The predicted octanol–water partition coefficient (Wildman–Crippen LogP) is 1.23. The standard InChI is InChI=1S/C16H20F3N3O2/c1-2-9-24-12-14(23)11-21-5-7-22(8-6-21)15-4-3-13(10-20-15)16(17,18)19/h1,3-4,10,14,23H,5-9,11-12H2. The van der Waals surface area contributed by atoms with Gasteiger partial charge in [-0.1, -0.05) is 5.92 Å². The summed E-state index contributed by atoms with van der Waals surface area (Å²) in [5.74, 6) is 2.86. The first-order valence-electron chi connectivity index (χ1n) is 7.60. The van der Waals surface area contributed by atoms with Crippen molar-refractivity contribution in [2.45, 2.75) is 12.3 Å². The topological polar surface area (TPSA) is 48.8 Å². The molecule has 24 heavy (non-hydrogen) atoms. The number of aromatic nitrogens is 1. The lowest BCUT2D eigenvalue weighted by molar-refractivity contribution is -0.137. The van der Waals surface area contributed by atoms with Gasteiger partial charge in [0.2, 0.25) is 0 Å². The molecule has 1 atom stereocenters. The first-order valence-corrected chi connectivity index (χ1v) is 7.60. The van der Waals surface area contributed by atoms with Gasteiger partial charge >= 0.3 is 6.18 Å². The molecule has 0 saturated carbocycles. The second kappa shape index (κ2) is 8.33. The number of alkyl halides is 3. The molecule has 2 heterocycles. The van der Waals surface area contributed by atoms with Crippen LogP contribution in [0.1, 0.15) is 5.56 Å². The highest BCUT2D eigenvalue weighted by Crippen LogP contribution is 2.29. The van der Waals surface area contributed by atoms with E-state index in [9.17, 15) is 18.3 Å². The summed E-state index contributed by atoms with van der Waals surface area (Å²) in [6.07, 6.45) is 0.927. The molecule has 1 saturated heterocycles. The Kier molecular flexibility index (Phi) is 6.43. The van der Waals surface area contributed by atoms with Gasteiger partial charge in [-0.2, -0.15) is 13.2 Å². The van der Waals surface area contributed by atoms with E-state index in [4.69, 9.17) is 11.2 Å². The molecule has 0 radical (unpaired) electrons. The van der Waals surface area contributed by atoms with Crippen molar-refractivity contribution in [3.8, 4) is 12.3 Å². The number of pyridine rings is 1. The SMILES string of the molecule is C#CCOCC(O)CN1CCN(c2ccc(C(F)(F)F)cn2)CC1. The second-order valence-corrected chi connectivity index (χ2v) is 5.56. The van der Waals surface area contributed by atoms with Crippen LogP contribution in [0.5, 0.6) is 0 Å². The van der Waals surface area contributed by atoms with Crippen molar-refractivity contribution in [3.63, 3.8) is 0 Å². The van der Waals surface area contributed by atoms with Gasteiger partial charge in [0.15, 0.2) is 0 Å². The molecule has 1 unspecified atom stereocenters. The van der Waals surface area contributed by atoms with Crippen LogP contribution in [0.25, 0.3) is 0 Å². The number of hydrogen-bond donors (Lipinski definition) is 1. The first-order chi connectivity index (χ1) is 11.4. The van der Waals surface area contributed by atoms with Gasteiger partial charge in [0.1, 0.15) is 12.4 Å². The van der Waals surface area contributed by atoms with Crippen molar-refractivity contribution in [2.24, 2.45) is 0 Å². The monoisotopic (exact) mass is 343 g/mol. The minimum absolute atomic E-state index is 0.171. The van der Waals surface area contributed by atoms with Crippen molar-refractivity contribution >= 4 is 5.82 Å². The molecule has 1 N–H and O–H groups in total. The number of nitrogens with zero attached hydrogens (tertiary/aromatic N) is 3. The van der Waals surface area contributed by atoms with Gasteiger partial charge in [-0.3, -0.25) is 4.90 Å². The fourth-order valence-corrected chi connectivity index (χ4v) is 2.50. The number of piperazine rings is 1. The number of hydrogen-bond acceptors (Lipinski definition) is 5. The van der Waals surface area contributed by atoms with Crippen LogP contribution in [0.4, 0.5) is 19.0 Å². The first kappa shape index (κ1) is 18.5. The van der Waals surface area contributed by atoms with Gasteiger partial charge in [0.05, 0.1) is 18.3 Å². The van der Waals surface area contributed by atoms with Crippen molar-refractivity contribution < 1.29 is 23.0 Å². The van der Waals surface area contributed by atoms with Crippen LogP contribution in [-0.4, -0.2) is 67.0 Å². The molecule has 1 aliphatic heterocycles. The average Bonchev–Trinajstić information content (AvgIpc) is 2.55. The maximum absolute atomic E-state index is 12.5. The molecule has 1 aromatic rings. The summed E-state index contributed by atoms with van der Waals surface area (Å²) < 4.78 is 42.7. The lowest BCUT2D eigenvalue weighted by Crippen LogP contribution is -2.49. The quantitative estimate of drug-likeness (QED) is 0.622. The number of ether oxygens (including phenoxy) is 1. The molecule has 0 spiro atoms. The number of aliphatic hydroxyl groups is 1. The van der Waals surface area contributed by atoms with E-state index < -0.39 is 17.8 Å². The van der Waals surface area contributed by atoms with Crippen LogP contribution in [0.2, 0.25) is 0 Å². The molecule has 8 heteroatoms. The van der Waals surface area contributed by atoms with Crippen LogP contribution < -0.4 is 4.90 Å². The maximum atomic E-state index is 12.5. The van der Waals surface area contributed by atoms with Gasteiger partial charge in [0, 0.05) is 38.9 Å². The van der Waals surface area contributed by atoms with Gasteiger partial charge in [-0.15, -0.1) is 6.42 Å². The highest BCUT2D eigenvalue weighted by molar-refractivity contribution is 5.40. The third-order valence-electron chi connectivity index (χ3n) is 3.74. The highest BCUT2D eigenvalue weighted by atomic mass is 19.4. The summed E-state index contributed by atoms with van der Waals surface area (Å²) in [4.78, 5) is 7.91. The number of aliphatic hydroxyl groups excluding tert-OH is 1. The number of anilines is 1. The Morgan fingerprint density at radius 1 is 1.29 bits per heavy atom. The molecular weight excluding hydrogens is 323 g/mol. The molecule has 5 nitrogen and oxygen atoms in total. The largest absolute Gasteiger partial charge is 0.417 e. The summed E-state index contributed by atoms with van der Waals surface area (Å²) in [6.45, 7) is 3.48. The fourth-order valence-electron chi connectivity index (χ4n) is 2.50. The molecule has 0 aromatic carbocycles. The van der Waals surface area contributed by atoms with E-state index in [1.807, 2.05) is 4.90 Å². The van der Waals surface area contributed by atoms with E-state index in [-0.39, 0.29) is 13.2 Å². The Hall–Kier alpha value is -1.82. The van der Waals surface area contributed by atoms with Gasteiger partial charge in [-0.05, 0) is 12.1 Å². The third-order valence-corrected chi connectivity index (χ3v) is 3.74. The zero-order valence-corrected chi connectivity index (χ0v) is 13.2. The van der Waals surface area contributed by atoms with E-state index in [1.54, 1.807) is 0 Å². The van der Waals surface area contributed by atoms with Gasteiger partial charge in [0.25, 0.3) is 0 Å². The zero-order valence-electron chi connectivity index (χ0n) is 13.2. The number of terminal acetylenes is 1. The highest BCUT2D eigenvalue weighted by Gasteiger charge is 2.31. The van der Waals surface area contributed by atoms with Crippen LogP contribution in [-0.2, 0) is 10.9 Å². The molecule has 0 amide bonds. The van der Waals surface area contributed by atoms with E-state index >= 15 is 0 Å². The minimum atomic E-state index is -4.37. The van der Waals surface area contributed by atoms with E-state index in [1.165, 1.54) is 6.07 Å². The lowest BCUT2D eigenvalue weighted by atomic mass is 10.2. The molecule has 132 valence electrons. The Labute approximate surface area is 139 Å². The van der Waals surface area contributed by atoms with Crippen LogP contribution in [0.3, 0.4) is 0 Å². The van der Waals surface area contributed by atoms with Crippen molar-refractivity contribution in [3.05, 3.63) is 23.9 Å². The van der Waals surface area contributed by atoms with Crippen molar-refractivity contribution in [2.75, 3.05) is 50.8 Å². The fraction of sp³-hybridized carbons (Fsp3) is 0.562. The smallest absolute Gasteiger partial charge is 0.389 e. The Morgan fingerprint density at radius 2 is 2.00 bits per heavy atom. The van der Waals surface area contributed by atoms with Crippen molar-refractivity contribution in [1.82, 2.24) is 9.88 Å². The second-order valence-electron chi connectivity index (χ2n) is 5.56. The Bertz CT molecular complexity index is 549. The summed E-state index contributed by atoms with van der Waals surface area (Å²) in [5.41, 5.74) is -0.750. The number of β-amino-alcohol motifs (C(OH)–C–C–N with tert-alkyl or cyclic N) is 1. The molecule has 0 bridgehead atoms. The maximum Gasteiger partial charge on any atom is 0.417 e. The molecular formula is C16H20F3N3O2. The third kappa shape index (κ3) is 5.37. The van der Waals surface area contributed by atoms with Crippen LogP contribution in [0, 0.1) is 12.3 Å². The summed E-state index contributed by atoms with van der Waals surface area (Å²) >= 11 is 0. The Balaban J connectivity index is 1.79. The molecule has 1 aromatic heterocycles. The number of rotatable bonds is 6. The summed E-state index contributed by atoms with van der Waals surface area (Å²) in [6, 6.07) is 2.43. The van der Waals surface area contributed by atoms with Gasteiger partial charge in [-0.25, -0.2) is 4.98 Å². The minimum Gasteiger partial charge on any atom is -0.389 e. The average molecular weight is 343 g/mol. The molecule has 1 aliphatic rings. The van der Waals surface area contributed by atoms with E-state index in [0.717, 1.165) is 12.3 Å². The normalized spacial score (nSPS) is 17.5. The number of halogens is 3. The zero-order chi connectivity index (χ0) is 17.6. The Morgan fingerprint density at radius 3 is 2.54 bits per heavy atom. The van der Waals surface area contributed by atoms with Crippen LogP contribution >= 0.6 is 0 Å². The van der Waals surface area contributed by atoms with Crippen molar-refractivity contribution in [1.29, 1.82) is 0 Å². The van der Waals surface area contributed by atoms with E-state index in [0.29, 0.717) is 38.5 Å². The van der Waals surface area contributed by atoms with Crippen LogP contribution in [0.15, 0.2) is 18.3 Å². The molecule has 0 aliphatic carbocycles. The summed E-state index contributed by atoms with van der Waals surface area (Å²) in [7, 11) is 0. The molecule has 2 rings (SSSR count). The van der Waals surface area contributed by atoms with E-state index in [2.05, 4.69) is 15.8 Å². The predicted molar refractivity (Wildman–Crippen MR) is 83.6 cm³/mol. The molecule has 1 fully saturated rings. The lowest BCUT2D eigenvalue weighted by Gasteiger charge is -2.36. The van der Waals surface area contributed by atoms with Gasteiger partial charge < -0.3 is 14.7 Å².